The van der Waals surface area contributed by atoms with Gasteiger partial charge in [-0.15, -0.1) is 0 Å². The summed E-state index contributed by atoms with van der Waals surface area (Å²) in [6.45, 7) is 0. The molecule has 0 aliphatic carbocycles. The second-order valence-corrected chi connectivity index (χ2v) is 6.63. The molecule has 4 rings (SSSR count). The van der Waals surface area contributed by atoms with Crippen LogP contribution in [0.25, 0.3) is 11.2 Å². The number of imidazole rings is 1. The summed E-state index contributed by atoms with van der Waals surface area (Å²) in [5, 5.41) is 0. The Labute approximate surface area is 153 Å². The van der Waals surface area contributed by atoms with Crippen molar-refractivity contribution in [2.75, 3.05) is 12.1 Å². The Kier molecular flexibility index (Phi) is 4.76. The third-order valence-corrected chi connectivity index (χ3v) is 4.50. The molecular weight excluding hydrogens is 376 g/mol. The highest BCUT2D eigenvalue weighted by molar-refractivity contribution is 7.39. The van der Waals surface area contributed by atoms with Crippen LogP contribution >= 0.6 is 8.03 Å². The number of aromatic nitrogens is 4. The SMILES string of the molecule is Nc1ncnc2c1ncn2C1OC(OC[P+](=O)Oc2ccccc2)C=C1F. The van der Waals surface area contributed by atoms with Crippen LogP contribution in [0.2, 0.25) is 0 Å². The van der Waals surface area contributed by atoms with Crippen molar-refractivity contribution in [3.63, 3.8) is 0 Å². The van der Waals surface area contributed by atoms with E-state index in [0.29, 0.717) is 16.9 Å². The number of rotatable bonds is 6. The Hall–Kier alpha value is -2.94. The molecule has 2 aromatic heterocycles. The van der Waals surface area contributed by atoms with E-state index in [0.717, 1.165) is 6.08 Å². The van der Waals surface area contributed by atoms with Gasteiger partial charge in [0.05, 0.1) is 6.33 Å². The lowest BCUT2D eigenvalue weighted by molar-refractivity contribution is -0.128. The van der Waals surface area contributed by atoms with Gasteiger partial charge in [0, 0.05) is 6.08 Å². The van der Waals surface area contributed by atoms with Gasteiger partial charge in [0.25, 0.3) is 6.35 Å². The average molecular weight is 390 g/mol. The van der Waals surface area contributed by atoms with E-state index in [9.17, 15) is 8.96 Å². The van der Waals surface area contributed by atoms with Crippen LogP contribution in [0.3, 0.4) is 0 Å². The fraction of sp³-hybridized carbons (Fsp3) is 0.188. The molecule has 3 aromatic rings. The number of benzene rings is 1. The maximum Gasteiger partial charge on any atom is 0.585 e. The summed E-state index contributed by atoms with van der Waals surface area (Å²) in [7, 11) is -2.14. The molecule has 3 atom stereocenters. The van der Waals surface area contributed by atoms with Crippen LogP contribution in [0, 0.1) is 0 Å². The van der Waals surface area contributed by atoms with Gasteiger partial charge < -0.3 is 15.2 Å². The first-order chi connectivity index (χ1) is 13.1. The lowest BCUT2D eigenvalue weighted by Crippen LogP contribution is -2.16. The second kappa shape index (κ2) is 7.36. The molecule has 0 saturated heterocycles. The zero-order chi connectivity index (χ0) is 18.8. The number of halogens is 1. The molecule has 1 aliphatic rings. The van der Waals surface area contributed by atoms with Gasteiger partial charge in [-0.25, -0.2) is 19.3 Å². The Morgan fingerprint density at radius 3 is 2.89 bits per heavy atom. The maximum absolute atomic E-state index is 14.3. The highest BCUT2D eigenvalue weighted by Crippen LogP contribution is 2.34. The van der Waals surface area contributed by atoms with Gasteiger partial charge in [0.15, 0.2) is 35.6 Å². The molecule has 9 nitrogen and oxygen atoms in total. The van der Waals surface area contributed by atoms with Crippen molar-refractivity contribution < 1.29 is 23.0 Å². The van der Waals surface area contributed by atoms with Gasteiger partial charge >= 0.3 is 8.03 Å². The fourth-order valence-electron chi connectivity index (χ4n) is 2.53. The number of nitrogen functional groups attached to an aromatic ring is 1. The molecule has 1 aromatic carbocycles. The molecule has 2 N–H and O–H groups in total. The summed E-state index contributed by atoms with van der Waals surface area (Å²) < 4.78 is 43.8. The molecule has 1 aliphatic heterocycles. The van der Waals surface area contributed by atoms with Crippen molar-refractivity contribution >= 4 is 25.0 Å². The number of hydrogen-bond donors (Lipinski definition) is 1. The van der Waals surface area contributed by atoms with Crippen LogP contribution in [0.5, 0.6) is 5.75 Å². The quantitative estimate of drug-likeness (QED) is 0.639. The first kappa shape index (κ1) is 17.5. The van der Waals surface area contributed by atoms with E-state index >= 15 is 0 Å². The van der Waals surface area contributed by atoms with Crippen molar-refractivity contribution in [3.8, 4) is 5.75 Å². The lowest BCUT2D eigenvalue weighted by atomic mass is 10.3. The van der Waals surface area contributed by atoms with Crippen LogP contribution in [-0.2, 0) is 14.0 Å². The monoisotopic (exact) mass is 390 g/mol. The third kappa shape index (κ3) is 3.63. The highest BCUT2D eigenvalue weighted by atomic mass is 31.1. The molecule has 0 bridgehead atoms. The zero-order valence-corrected chi connectivity index (χ0v) is 14.7. The van der Waals surface area contributed by atoms with Gasteiger partial charge in [-0.05, 0) is 16.7 Å². The number of anilines is 1. The standard InChI is InChI=1S/C16H14FN5O4P/c17-11-6-12(24-9-27(23)26-10-4-2-1-3-5-10)25-16(11)22-8-21-13-14(18)19-7-20-15(13)22/h1-8,12,16H,9H2,(H2,18,19,20)/q+1. The number of nitrogens with two attached hydrogens (primary N) is 1. The normalized spacial score (nSPS) is 19.9. The molecule has 27 heavy (non-hydrogen) atoms. The third-order valence-electron chi connectivity index (χ3n) is 3.73. The second-order valence-electron chi connectivity index (χ2n) is 5.52. The molecule has 0 radical (unpaired) electrons. The largest absolute Gasteiger partial charge is 0.585 e. The summed E-state index contributed by atoms with van der Waals surface area (Å²) in [5.41, 5.74) is 6.40. The van der Waals surface area contributed by atoms with Gasteiger partial charge in [0.2, 0.25) is 0 Å². The predicted octanol–water partition coefficient (Wildman–Crippen LogP) is 2.91. The predicted molar refractivity (Wildman–Crippen MR) is 93.5 cm³/mol. The molecular formula is C16H14FN5O4P+. The Bertz CT molecular complexity index is 1010. The van der Waals surface area contributed by atoms with E-state index in [1.165, 1.54) is 17.2 Å². The summed E-state index contributed by atoms with van der Waals surface area (Å²) in [5.74, 6) is 0.0518. The van der Waals surface area contributed by atoms with Crippen LogP contribution in [-0.4, -0.2) is 32.2 Å². The van der Waals surface area contributed by atoms with Crippen LogP contribution < -0.4 is 10.3 Å². The molecule has 0 saturated carbocycles. The van der Waals surface area contributed by atoms with Crippen LogP contribution in [0.4, 0.5) is 10.2 Å². The Morgan fingerprint density at radius 2 is 2.07 bits per heavy atom. The molecule has 11 heteroatoms. The smallest absolute Gasteiger partial charge is 0.382 e. The van der Waals surface area contributed by atoms with Crippen molar-refractivity contribution in [2.45, 2.75) is 12.5 Å². The Morgan fingerprint density at radius 1 is 1.26 bits per heavy atom. The highest BCUT2D eigenvalue weighted by Gasteiger charge is 2.33. The van der Waals surface area contributed by atoms with Crippen molar-refractivity contribution in [3.05, 3.63) is 54.9 Å². The first-order valence-electron chi connectivity index (χ1n) is 7.87. The molecule has 3 unspecified atom stereocenters. The minimum absolute atomic E-state index is 0.184. The molecule has 0 fully saturated rings. The number of ether oxygens (including phenoxy) is 2. The number of nitrogens with zero attached hydrogens (tertiary/aromatic N) is 4. The van der Waals surface area contributed by atoms with E-state index in [1.54, 1.807) is 24.3 Å². The van der Waals surface area contributed by atoms with E-state index in [1.807, 2.05) is 6.07 Å². The number of fused-ring (bicyclic) bond motifs is 1. The van der Waals surface area contributed by atoms with Crippen LogP contribution in [0.1, 0.15) is 6.23 Å². The Balaban J connectivity index is 1.40. The summed E-state index contributed by atoms with van der Waals surface area (Å²) in [4.78, 5) is 12.0. The lowest BCUT2D eigenvalue weighted by Gasteiger charge is -2.14. The summed E-state index contributed by atoms with van der Waals surface area (Å²) in [6, 6.07) is 8.68. The topological polar surface area (TPSA) is 114 Å². The van der Waals surface area contributed by atoms with Gasteiger partial charge in [-0.1, -0.05) is 18.2 Å². The fourth-order valence-corrected chi connectivity index (χ4v) is 3.21. The van der Waals surface area contributed by atoms with E-state index in [4.69, 9.17) is 19.7 Å². The van der Waals surface area contributed by atoms with Gasteiger partial charge in [-0.3, -0.25) is 9.09 Å². The van der Waals surface area contributed by atoms with E-state index < -0.39 is 26.4 Å². The van der Waals surface area contributed by atoms with Crippen molar-refractivity contribution in [1.82, 2.24) is 19.5 Å². The first-order valence-corrected chi connectivity index (χ1v) is 9.23. The number of para-hydroxylation sites is 1. The van der Waals surface area contributed by atoms with E-state index in [2.05, 4.69) is 15.0 Å². The minimum Gasteiger partial charge on any atom is -0.382 e. The van der Waals surface area contributed by atoms with E-state index in [-0.39, 0.29) is 12.2 Å². The van der Waals surface area contributed by atoms with Crippen molar-refractivity contribution in [2.24, 2.45) is 0 Å². The molecule has 0 amide bonds. The minimum atomic E-state index is -2.14. The summed E-state index contributed by atoms with van der Waals surface area (Å²) in [6.07, 6.45) is 1.37. The van der Waals surface area contributed by atoms with Gasteiger partial charge in [0.1, 0.15) is 11.8 Å². The van der Waals surface area contributed by atoms with Crippen LogP contribution in [0.15, 0.2) is 54.9 Å². The van der Waals surface area contributed by atoms with Gasteiger partial charge in [-0.2, -0.15) is 0 Å². The molecule has 3 heterocycles. The molecule has 0 spiro atoms. The number of hydrogen-bond acceptors (Lipinski definition) is 8. The maximum atomic E-state index is 14.3. The van der Waals surface area contributed by atoms with Crippen molar-refractivity contribution in [1.29, 1.82) is 0 Å². The summed E-state index contributed by atoms with van der Waals surface area (Å²) >= 11 is 0. The zero-order valence-electron chi connectivity index (χ0n) is 13.8. The average Bonchev–Trinajstić information content (AvgIpc) is 3.25. The molecule has 138 valence electrons.